The molecule has 0 unspecified atom stereocenters. The van der Waals surface area contributed by atoms with Crippen molar-refractivity contribution in [1.29, 1.82) is 0 Å². The number of aromatic nitrogens is 1. The van der Waals surface area contributed by atoms with Crippen LogP contribution in [-0.2, 0) is 19.4 Å². The molecule has 0 aliphatic carbocycles. The zero-order chi connectivity index (χ0) is 20.1. The van der Waals surface area contributed by atoms with Gasteiger partial charge >= 0.3 is 0 Å². The highest BCUT2D eigenvalue weighted by molar-refractivity contribution is 7.07. The second-order valence-electron chi connectivity index (χ2n) is 7.29. The van der Waals surface area contributed by atoms with Gasteiger partial charge in [-0.2, -0.15) is 0 Å². The quantitative estimate of drug-likeness (QED) is 0.350. The number of benzene rings is 3. The van der Waals surface area contributed by atoms with E-state index >= 15 is 0 Å². The minimum absolute atomic E-state index is 0.906. The molecule has 0 aliphatic rings. The van der Waals surface area contributed by atoms with Crippen molar-refractivity contribution in [3.05, 3.63) is 106 Å². The highest BCUT2D eigenvalue weighted by Crippen LogP contribution is 2.22. The SMILES string of the molecule is CCc1ccc(-c2csc(=Nc3ccc(C)cc3)n2CCc2ccccc2)cc1. The molecular weight excluding hydrogens is 372 g/mol. The van der Waals surface area contributed by atoms with E-state index in [1.165, 1.54) is 27.9 Å². The third-order valence-corrected chi connectivity index (χ3v) is 6.04. The summed E-state index contributed by atoms with van der Waals surface area (Å²) in [5.74, 6) is 0. The molecule has 0 fully saturated rings. The van der Waals surface area contributed by atoms with Crippen molar-refractivity contribution in [3.63, 3.8) is 0 Å². The Morgan fingerprint density at radius 2 is 1.55 bits per heavy atom. The number of hydrogen-bond donors (Lipinski definition) is 0. The Morgan fingerprint density at radius 1 is 0.828 bits per heavy atom. The summed E-state index contributed by atoms with van der Waals surface area (Å²) in [5.41, 5.74) is 7.45. The molecule has 1 aromatic heterocycles. The van der Waals surface area contributed by atoms with Crippen LogP contribution < -0.4 is 4.80 Å². The fourth-order valence-corrected chi connectivity index (χ4v) is 4.35. The first-order valence-corrected chi connectivity index (χ1v) is 11.0. The number of hydrogen-bond acceptors (Lipinski definition) is 2. The van der Waals surface area contributed by atoms with Crippen LogP contribution in [0.4, 0.5) is 5.69 Å². The fourth-order valence-electron chi connectivity index (χ4n) is 3.39. The van der Waals surface area contributed by atoms with Crippen LogP contribution in [0.1, 0.15) is 23.6 Å². The summed E-state index contributed by atoms with van der Waals surface area (Å²) in [6.45, 7) is 5.20. The van der Waals surface area contributed by atoms with E-state index in [-0.39, 0.29) is 0 Å². The molecule has 0 atom stereocenters. The number of aryl methyl sites for hydroxylation is 3. The van der Waals surface area contributed by atoms with Gasteiger partial charge in [-0.1, -0.05) is 79.2 Å². The van der Waals surface area contributed by atoms with Crippen LogP contribution in [0.25, 0.3) is 11.3 Å². The van der Waals surface area contributed by atoms with Crippen molar-refractivity contribution in [3.8, 4) is 11.3 Å². The van der Waals surface area contributed by atoms with Gasteiger partial charge in [-0.25, -0.2) is 4.99 Å². The highest BCUT2D eigenvalue weighted by atomic mass is 32.1. The Hall–Kier alpha value is -2.91. The second-order valence-corrected chi connectivity index (χ2v) is 8.13. The topological polar surface area (TPSA) is 17.3 Å². The second kappa shape index (κ2) is 9.06. The maximum Gasteiger partial charge on any atom is 0.190 e. The summed E-state index contributed by atoms with van der Waals surface area (Å²) in [5, 5.41) is 2.24. The fraction of sp³-hybridized carbons (Fsp3) is 0.192. The average molecular weight is 399 g/mol. The molecule has 29 heavy (non-hydrogen) atoms. The van der Waals surface area contributed by atoms with Gasteiger partial charge in [-0.05, 0) is 48.6 Å². The molecule has 0 saturated heterocycles. The van der Waals surface area contributed by atoms with E-state index in [4.69, 9.17) is 4.99 Å². The van der Waals surface area contributed by atoms with Crippen LogP contribution in [0.2, 0.25) is 0 Å². The Labute approximate surface area is 176 Å². The zero-order valence-electron chi connectivity index (χ0n) is 17.0. The standard InChI is InChI=1S/C26H26N2S/c1-3-21-11-13-23(14-12-21)25-19-29-26(27-24-15-9-20(2)10-16-24)28(25)18-17-22-7-5-4-6-8-22/h4-16,19H,3,17-18H2,1-2H3. The monoisotopic (exact) mass is 398 g/mol. The number of nitrogens with zero attached hydrogens (tertiary/aromatic N) is 2. The molecule has 0 amide bonds. The predicted molar refractivity (Wildman–Crippen MR) is 124 cm³/mol. The molecule has 4 rings (SSSR count). The van der Waals surface area contributed by atoms with Gasteiger partial charge in [0.25, 0.3) is 0 Å². The summed E-state index contributed by atoms with van der Waals surface area (Å²) in [7, 11) is 0. The smallest absolute Gasteiger partial charge is 0.190 e. The first-order chi connectivity index (χ1) is 14.2. The molecule has 2 nitrogen and oxygen atoms in total. The molecule has 0 saturated carbocycles. The molecule has 0 radical (unpaired) electrons. The summed E-state index contributed by atoms with van der Waals surface area (Å²) < 4.78 is 2.36. The summed E-state index contributed by atoms with van der Waals surface area (Å²) in [6, 6.07) is 28.0. The van der Waals surface area contributed by atoms with Gasteiger partial charge in [-0.15, -0.1) is 11.3 Å². The van der Waals surface area contributed by atoms with Crippen molar-refractivity contribution in [2.45, 2.75) is 33.2 Å². The lowest BCUT2D eigenvalue weighted by Gasteiger charge is -2.10. The normalized spacial score (nSPS) is 11.7. The Kier molecular flexibility index (Phi) is 6.06. The molecule has 0 N–H and O–H groups in total. The van der Waals surface area contributed by atoms with Gasteiger partial charge in [0.1, 0.15) is 0 Å². The number of rotatable bonds is 6. The van der Waals surface area contributed by atoms with Crippen molar-refractivity contribution in [2.24, 2.45) is 4.99 Å². The molecule has 0 bridgehead atoms. The van der Waals surface area contributed by atoms with Crippen LogP contribution in [0.5, 0.6) is 0 Å². The van der Waals surface area contributed by atoms with Crippen LogP contribution in [0.15, 0.2) is 89.2 Å². The molecule has 0 aliphatic heterocycles. The van der Waals surface area contributed by atoms with E-state index in [2.05, 4.69) is 103 Å². The lowest BCUT2D eigenvalue weighted by molar-refractivity contribution is 0.684. The third kappa shape index (κ3) is 4.75. The Balaban J connectivity index is 1.74. The van der Waals surface area contributed by atoms with E-state index in [9.17, 15) is 0 Å². The minimum atomic E-state index is 0.906. The lowest BCUT2D eigenvalue weighted by atomic mass is 10.1. The van der Waals surface area contributed by atoms with Crippen molar-refractivity contribution >= 4 is 17.0 Å². The van der Waals surface area contributed by atoms with Crippen molar-refractivity contribution in [2.75, 3.05) is 0 Å². The molecule has 3 aromatic carbocycles. The van der Waals surface area contributed by atoms with Gasteiger partial charge < -0.3 is 4.57 Å². The maximum absolute atomic E-state index is 4.96. The summed E-state index contributed by atoms with van der Waals surface area (Å²) in [4.78, 5) is 6.00. The van der Waals surface area contributed by atoms with Gasteiger partial charge in [0.05, 0.1) is 11.4 Å². The van der Waals surface area contributed by atoms with Gasteiger partial charge in [0, 0.05) is 11.9 Å². The first-order valence-electron chi connectivity index (χ1n) is 10.2. The summed E-state index contributed by atoms with van der Waals surface area (Å²) in [6.07, 6.45) is 2.05. The van der Waals surface area contributed by atoms with Gasteiger partial charge in [0.2, 0.25) is 0 Å². The first kappa shape index (κ1) is 19.4. The largest absolute Gasteiger partial charge is 0.316 e. The van der Waals surface area contributed by atoms with Crippen LogP contribution in [0, 0.1) is 6.92 Å². The van der Waals surface area contributed by atoms with E-state index in [1.54, 1.807) is 11.3 Å². The molecule has 3 heteroatoms. The minimum Gasteiger partial charge on any atom is -0.316 e. The third-order valence-electron chi connectivity index (χ3n) is 5.18. The van der Waals surface area contributed by atoms with E-state index in [0.29, 0.717) is 0 Å². The maximum atomic E-state index is 4.96. The molecule has 4 aromatic rings. The zero-order valence-corrected chi connectivity index (χ0v) is 17.8. The molecule has 146 valence electrons. The molecular formula is C26H26N2S. The number of thiazole rings is 1. The Morgan fingerprint density at radius 3 is 2.24 bits per heavy atom. The van der Waals surface area contributed by atoms with Crippen LogP contribution >= 0.6 is 11.3 Å². The van der Waals surface area contributed by atoms with Crippen LogP contribution in [0.3, 0.4) is 0 Å². The molecule has 1 heterocycles. The van der Waals surface area contributed by atoms with Gasteiger partial charge in [-0.3, -0.25) is 0 Å². The molecule has 0 spiro atoms. The average Bonchev–Trinajstić information content (AvgIpc) is 3.17. The van der Waals surface area contributed by atoms with Crippen molar-refractivity contribution in [1.82, 2.24) is 4.57 Å². The lowest BCUT2D eigenvalue weighted by Crippen LogP contribution is -2.17. The van der Waals surface area contributed by atoms with E-state index < -0.39 is 0 Å². The van der Waals surface area contributed by atoms with Gasteiger partial charge in [0.15, 0.2) is 4.80 Å². The highest BCUT2D eigenvalue weighted by Gasteiger charge is 2.09. The summed E-state index contributed by atoms with van der Waals surface area (Å²) >= 11 is 1.71. The Bertz CT molecular complexity index is 1120. The van der Waals surface area contributed by atoms with E-state index in [1.807, 2.05) is 0 Å². The van der Waals surface area contributed by atoms with E-state index in [0.717, 1.165) is 29.9 Å². The van der Waals surface area contributed by atoms with Crippen LogP contribution in [-0.4, -0.2) is 4.57 Å². The predicted octanol–water partition coefficient (Wildman–Crippen LogP) is 6.56. The van der Waals surface area contributed by atoms with Crippen molar-refractivity contribution < 1.29 is 0 Å².